The van der Waals surface area contributed by atoms with Crippen LogP contribution in [0.1, 0.15) is 53.6 Å². The fraction of sp³-hybridized carbons (Fsp3) is 0.310. The maximum atomic E-state index is 13.7. The number of hydrogen-bond acceptors (Lipinski definition) is 4. The Bertz CT molecular complexity index is 1420. The lowest BCUT2D eigenvalue weighted by atomic mass is 9.95. The molecular formula is C29H32ClN3O4S. The quantitative estimate of drug-likeness (QED) is 0.365. The summed E-state index contributed by atoms with van der Waals surface area (Å²) in [7, 11) is -4.11. The standard InChI is InChI=1S/C29H32ClN3O4S/c1-20-15-17-23(18-16-20)38(36,37)33(27-14-8-12-25(30)21(27)2)19-28(34)32-26-13-7-6-11-24(26)29(35)31-22-9-4-3-5-10-22/h6-8,11-18,22H,3-5,9-10,19H2,1-2H3,(H,31,35)(H,32,34). The molecule has 0 aliphatic heterocycles. The maximum Gasteiger partial charge on any atom is 0.264 e. The van der Waals surface area contributed by atoms with Crippen molar-refractivity contribution in [2.24, 2.45) is 0 Å². The van der Waals surface area contributed by atoms with E-state index in [9.17, 15) is 18.0 Å². The molecule has 200 valence electrons. The Labute approximate surface area is 229 Å². The van der Waals surface area contributed by atoms with Gasteiger partial charge in [-0.2, -0.15) is 0 Å². The summed E-state index contributed by atoms with van der Waals surface area (Å²) >= 11 is 6.31. The average molecular weight is 554 g/mol. The molecule has 4 rings (SSSR count). The minimum absolute atomic E-state index is 0.0579. The summed E-state index contributed by atoms with van der Waals surface area (Å²) in [5.74, 6) is -0.847. The van der Waals surface area contributed by atoms with Crippen molar-refractivity contribution >= 4 is 44.8 Å². The van der Waals surface area contributed by atoms with Gasteiger partial charge in [0.25, 0.3) is 15.9 Å². The Morgan fingerprint density at radius 3 is 2.32 bits per heavy atom. The molecule has 7 nitrogen and oxygen atoms in total. The molecule has 0 radical (unpaired) electrons. The van der Waals surface area contributed by atoms with Crippen molar-refractivity contribution in [1.29, 1.82) is 0 Å². The van der Waals surface area contributed by atoms with Crippen molar-refractivity contribution in [1.82, 2.24) is 5.32 Å². The Balaban J connectivity index is 1.61. The van der Waals surface area contributed by atoms with Gasteiger partial charge in [-0.05, 0) is 68.7 Å². The lowest BCUT2D eigenvalue weighted by molar-refractivity contribution is -0.114. The zero-order valence-electron chi connectivity index (χ0n) is 21.5. The number of sulfonamides is 1. The van der Waals surface area contributed by atoms with Crippen LogP contribution in [0.5, 0.6) is 0 Å². The van der Waals surface area contributed by atoms with Crippen molar-refractivity contribution < 1.29 is 18.0 Å². The molecule has 1 saturated carbocycles. The largest absolute Gasteiger partial charge is 0.349 e. The number of aryl methyl sites for hydroxylation is 1. The van der Waals surface area contributed by atoms with Gasteiger partial charge in [-0.25, -0.2) is 8.42 Å². The van der Waals surface area contributed by atoms with Crippen LogP contribution in [-0.4, -0.2) is 32.8 Å². The van der Waals surface area contributed by atoms with E-state index in [4.69, 9.17) is 11.6 Å². The van der Waals surface area contributed by atoms with Gasteiger partial charge in [0.1, 0.15) is 6.54 Å². The molecule has 0 bridgehead atoms. The third-order valence-corrected chi connectivity index (χ3v) is 8.97. The van der Waals surface area contributed by atoms with Crippen LogP contribution in [0, 0.1) is 13.8 Å². The summed E-state index contributed by atoms with van der Waals surface area (Å²) < 4.78 is 28.5. The van der Waals surface area contributed by atoms with Gasteiger partial charge in [-0.15, -0.1) is 0 Å². The van der Waals surface area contributed by atoms with Crippen molar-refractivity contribution in [2.75, 3.05) is 16.2 Å². The highest BCUT2D eigenvalue weighted by atomic mass is 35.5. The van der Waals surface area contributed by atoms with E-state index in [2.05, 4.69) is 10.6 Å². The molecule has 2 amide bonds. The Morgan fingerprint density at radius 1 is 0.921 bits per heavy atom. The number of nitrogens with one attached hydrogen (secondary N) is 2. The first kappa shape index (κ1) is 27.7. The zero-order valence-corrected chi connectivity index (χ0v) is 23.1. The SMILES string of the molecule is Cc1ccc(S(=O)(=O)N(CC(=O)Nc2ccccc2C(=O)NC2CCCCC2)c2cccc(Cl)c2C)cc1. The zero-order chi connectivity index (χ0) is 27.3. The molecule has 0 heterocycles. The molecule has 0 saturated heterocycles. The minimum Gasteiger partial charge on any atom is -0.349 e. The third-order valence-electron chi connectivity index (χ3n) is 6.79. The highest BCUT2D eigenvalue weighted by Gasteiger charge is 2.29. The number of benzene rings is 3. The number of anilines is 2. The van der Waals surface area contributed by atoms with E-state index < -0.39 is 22.5 Å². The molecule has 0 aromatic heterocycles. The molecule has 3 aromatic carbocycles. The number of carbonyl (C=O) groups is 2. The van der Waals surface area contributed by atoms with Gasteiger partial charge in [0.2, 0.25) is 5.91 Å². The summed E-state index contributed by atoms with van der Waals surface area (Å²) in [5.41, 5.74) is 2.40. The van der Waals surface area contributed by atoms with E-state index in [1.165, 1.54) is 18.6 Å². The van der Waals surface area contributed by atoms with Gasteiger partial charge in [-0.1, -0.05) is 66.8 Å². The number of hydrogen-bond donors (Lipinski definition) is 2. The number of halogens is 1. The highest BCUT2D eigenvalue weighted by Crippen LogP contribution is 2.31. The molecule has 2 N–H and O–H groups in total. The Hall–Kier alpha value is -3.36. The molecule has 1 fully saturated rings. The normalized spacial score (nSPS) is 14.1. The topological polar surface area (TPSA) is 95.6 Å². The summed E-state index contributed by atoms with van der Waals surface area (Å²) in [6, 6.07) is 18.2. The van der Waals surface area contributed by atoms with Crippen molar-refractivity contribution in [3.8, 4) is 0 Å². The van der Waals surface area contributed by atoms with E-state index in [0.717, 1.165) is 35.6 Å². The van der Waals surface area contributed by atoms with Crippen LogP contribution in [0.2, 0.25) is 5.02 Å². The predicted octanol–water partition coefficient (Wildman–Crippen LogP) is 5.85. The molecule has 1 aliphatic rings. The van der Waals surface area contributed by atoms with E-state index in [1.807, 2.05) is 6.92 Å². The molecule has 0 atom stereocenters. The Morgan fingerprint density at radius 2 is 1.61 bits per heavy atom. The highest BCUT2D eigenvalue weighted by molar-refractivity contribution is 7.92. The molecule has 0 unspecified atom stereocenters. The van der Waals surface area contributed by atoms with Crippen LogP contribution in [0.4, 0.5) is 11.4 Å². The Kier molecular flexibility index (Phi) is 8.74. The predicted molar refractivity (Wildman–Crippen MR) is 151 cm³/mol. The number of carbonyl (C=O) groups excluding carboxylic acids is 2. The van der Waals surface area contributed by atoms with E-state index in [-0.39, 0.29) is 16.8 Å². The summed E-state index contributed by atoms with van der Waals surface area (Å²) in [6.07, 6.45) is 5.21. The number of rotatable bonds is 8. The van der Waals surface area contributed by atoms with Crippen molar-refractivity contribution in [3.05, 3.63) is 88.4 Å². The third kappa shape index (κ3) is 6.37. The van der Waals surface area contributed by atoms with Crippen LogP contribution in [-0.2, 0) is 14.8 Å². The fourth-order valence-electron chi connectivity index (χ4n) is 4.62. The maximum absolute atomic E-state index is 13.7. The first-order valence-corrected chi connectivity index (χ1v) is 14.5. The van der Waals surface area contributed by atoms with Crippen LogP contribution < -0.4 is 14.9 Å². The van der Waals surface area contributed by atoms with Gasteiger partial charge in [-0.3, -0.25) is 13.9 Å². The molecule has 3 aromatic rings. The first-order chi connectivity index (χ1) is 18.2. The van der Waals surface area contributed by atoms with Crippen LogP contribution in [0.15, 0.2) is 71.6 Å². The van der Waals surface area contributed by atoms with Gasteiger partial charge in [0.15, 0.2) is 0 Å². The van der Waals surface area contributed by atoms with Gasteiger partial charge in [0, 0.05) is 11.1 Å². The number of nitrogens with zero attached hydrogens (tertiary/aromatic N) is 1. The summed E-state index contributed by atoms with van der Waals surface area (Å²) in [6.45, 7) is 3.07. The van der Waals surface area contributed by atoms with Crippen LogP contribution in [0.25, 0.3) is 0 Å². The van der Waals surface area contributed by atoms with Crippen molar-refractivity contribution in [3.63, 3.8) is 0 Å². The lowest BCUT2D eigenvalue weighted by Gasteiger charge is -2.26. The molecule has 9 heteroatoms. The minimum atomic E-state index is -4.11. The number of amides is 2. The lowest BCUT2D eigenvalue weighted by Crippen LogP contribution is -2.39. The second-order valence-corrected chi connectivity index (χ2v) is 11.9. The van der Waals surface area contributed by atoms with Crippen molar-refractivity contribution in [2.45, 2.75) is 56.9 Å². The fourth-order valence-corrected chi connectivity index (χ4v) is 6.27. The first-order valence-electron chi connectivity index (χ1n) is 12.7. The van der Waals surface area contributed by atoms with E-state index >= 15 is 0 Å². The number of para-hydroxylation sites is 1. The summed E-state index contributed by atoms with van der Waals surface area (Å²) in [5, 5.41) is 6.21. The van der Waals surface area contributed by atoms with Gasteiger partial charge < -0.3 is 10.6 Å². The molecule has 0 spiro atoms. The van der Waals surface area contributed by atoms with Crippen LogP contribution in [0.3, 0.4) is 0 Å². The monoisotopic (exact) mass is 553 g/mol. The van der Waals surface area contributed by atoms with Gasteiger partial charge >= 0.3 is 0 Å². The molecule has 38 heavy (non-hydrogen) atoms. The molecule has 1 aliphatic carbocycles. The average Bonchev–Trinajstić information content (AvgIpc) is 2.90. The second kappa shape index (κ2) is 12.0. The van der Waals surface area contributed by atoms with Gasteiger partial charge in [0.05, 0.1) is 21.8 Å². The van der Waals surface area contributed by atoms with Crippen LogP contribution >= 0.6 is 11.6 Å². The van der Waals surface area contributed by atoms with E-state index in [0.29, 0.717) is 27.5 Å². The smallest absolute Gasteiger partial charge is 0.264 e. The second-order valence-electron chi connectivity index (χ2n) is 9.61. The molecular weight excluding hydrogens is 522 g/mol. The van der Waals surface area contributed by atoms with E-state index in [1.54, 1.807) is 61.5 Å². The summed E-state index contributed by atoms with van der Waals surface area (Å²) in [4.78, 5) is 26.4.